The molecule has 1 aliphatic rings. The van der Waals surface area contributed by atoms with Crippen LogP contribution in [0.2, 0.25) is 0 Å². The molecule has 0 aromatic carbocycles. The fraction of sp³-hybridized carbons (Fsp3) is 0.583. The van der Waals surface area contributed by atoms with E-state index in [2.05, 4.69) is 20.6 Å². The van der Waals surface area contributed by atoms with E-state index in [1.54, 1.807) is 20.1 Å². The van der Waals surface area contributed by atoms with Crippen molar-refractivity contribution >= 4 is 11.9 Å². The maximum absolute atomic E-state index is 11.8. The predicted molar refractivity (Wildman–Crippen MR) is 67.6 cm³/mol. The van der Waals surface area contributed by atoms with Crippen molar-refractivity contribution in [3.05, 3.63) is 11.8 Å². The predicted octanol–water partition coefficient (Wildman–Crippen LogP) is 0.873. The van der Waals surface area contributed by atoms with Gasteiger partial charge in [0.25, 0.3) is 0 Å². The van der Waals surface area contributed by atoms with Gasteiger partial charge in [0.15, 0.2) is 0 Å². The van der Waals surface area contributed by atoms with E-state index in [9.17, 15) is 4.79 Å². The van der Waals surface area contributed by atoms with Gasteiger partial charge in [-0.25, -0.2) is 4.98 Å². The Hall–Kier alpha value is -1.85. The maximum atomic E-state index is 11.8. The number of carbonyl (C=O) groups excluding carboxylic acids is 1. The van der Waals surface area contributed by atoms with Crippen LogP contribution in [0.4, 0.5) is 5.95 Å². The Morgan fingerprint density at radius 2 is 2.22 bits per heavy atom. The number of hydrogen-bond acceptors (Lipinski definition) is 5. The van der Waals surface area contributed by atoms with Gasteiger partial charge in [-0.2, -0.15) is 4.98 Å². The quantitative estimate of drug-likeness (QED) is 0.811. The summed E-state index contributed by atoms with van der Waals surface area (Å²) >= 11 is 0. The third kappa shape index (κ3) is 3.32. The van der Waals surface area contributed by atoms with E-state index in [1.807, 2.05) is 6.92 Å². The van der Waals surface area contributed by atoms with Gasteiger partial charge in [-0.3, -0.25) is 4.79 Å². The summed E-state index contributed by atoms with van der Waals surface area (Å²) in [5, 5.41) is 5.90. The molecular weight excluding hydrogens is 232 g/mol. The molecule has 2 N–H and O–H groups in total. The molecule has 0 bridgehead atoms. The number of hydrogen-bond donors (Lipinski definition) is 2. The smallest absolute Gasteiger partial charge is 0.242 e. The van der Waals surface area contributed by atoms with E-state index in [-0.39, 0.29) is 11.9 Å². The second-order valence-electron chi connectivity index (χ2n) is 4.52. The third-order valence-electron chi connectivity index (χ3n) is 2.70. The summed E-state index contributed by atoms with van der Waals surface area (Å²) in [6.45, 7) is 3.64. The van der Waals surface area contributed by atoms with E-state index < -0.39 is 0 Å². The lowest BCUT2D eigenvalue weighted by atomic mass is 10.3. The SMILES string of the molecule is COc1cc(C)nc(NC(C)C(=O)NC2CC2)n1. The lowest BCUT2D eigenvalue weighted by Crippen LogP contribution is -2.39. The van der Waals surface area contributed by atoms with Crippen LogP contribution in [0.3, 0.4) is 0 Å². The van der Waals surface area contributed by atoms with Gasteiger partial charge in [0.2, 0.25) is 17.7 Å². The molecule has 0 radical (unpaired) electrons. The molecule has 2 rings (SSSR count). The average molecular weight is 250 g/mol. The second kappa shape index (κ2) is 5.20. The molecule has 1 heterocycles. The largest absolute Gasteiger partial charge is 0.481 e. The van der Waals surface area contributed by atoms with Gasteiger partial charge in [-0.1, -0.05) is 0 Å². The van der Waals surface area contributed by atoms with Crippen LogP contribution < -0.4 is 15.4 Å². The molecule has 0 saturated heterocycles. The first-order chi connectivity index (χ1) is 8.58. The molecule has 6 nitrogen and oxygen atoms in total. The van der Waals surface area contributed by atoms with Crippen LogP contribution in [0.25, 0.3) is 0 Å². The average Bonchev–Trinajstić information content (AvgIpc) is 3.11. The number of methoxy groups -OCH3 is 1. The van der Waals surface area contributed by atoms with Gasteiger partial charge < -0.3 is 15.4 Å². The number of aryl methyl sites for hydroxylation is 1. The van der Waals surface area contributed by atoms with Crippen LogP contribution >= 0.6 is 0 Å². The number of nitrogens with zero attached hydrogens (tertiary/aromatic N) is 2. The number of carbonyl (C=O) groups is 1. The third-order valence-corrected chi connectivity index (χ3v) is 2.70. The highest BCUT2D eigenvalue weighted by Gasteiger charge is 2.25. The van der Waals surface area contributed by atoms with Gasteiger partial charge in [-0.05, 0) is 26.7 Å². The molecule has 18 heavy (non-hydrogen) atoms. The summed E-state index contributed by atoms with van der Waals surface area (Å²) in [7, 11) is 1.55. The highest BCUT2D eigenvalue weighted by atomic mass is 16.5. The maximum Gasteiger partial charge on any atom is 0.242 e. The van der Waals surface area contributed by atoms with E-state index >= 15 is 0 Å². The Balaban J connectivity index is 1.98. The minimum absolute atomic E-state index is 0.0263. The van der Waals surface area contributed by atoms with Crippen molar-refractivity contribution in [2.75, 3.05) is 12.4 Å². The Bertz CT molecular complexity index is 446. The number of amides is 1. The van der Waals surface area contributed by atoms with E-state index in [1.165, 1.54) is 0 Å². The molecule has 1 amide bonds. The second-order valence-corrected chi connectivity index (χ2v) is 4.52. The molecule has 1 atom stereocenters. The number of ether oxygens (including phenoxy) is 1. The van der Waals surface area contributed by atoms with Crippen LogP contribution in [-0.2, 0) is 4.79 Å². The lowest BCUT2D eigenvalue weighted by molar-refractivity contribution is -0.121. The van der Waals surface area contributed by atoms with Crippen LogP contribution in [0, 0.1) is 6.92 Å². The molecule has 1 saturated carbocycles. The van der Waals surface area contributed by atoms with Crippen molar-refractivity contribution in [2.45, 2.75) is 38.8 Å². The standard InChI is InChI=1S/C12H18N4O2/c1-7-6-10(18-3)16-12(13-7)14-8(2)11(17)15-9-4-5-9/h6,8-9H,4-5H2,1-3H3,(H,15,17)(H,13,14,16). The Labute approximate surface area is 106 Å². The van der Waals surface area contributed by atoms with Gasteiger partial charge in [-0.15, -0.1) is 0 Å². The summed E-state index contributed by atoms with van der Waals surface area (Å²) in [6.07, 6.45) is 2.15. The molecule has 1 unspecified atom stereocenters. The molecule has 6 heteroatoms. The fourth-order valence-corrected chi connectivity index (χ4v) is 1.52. The van der Waals surface area contributed by atoms with E-state index in [0.29, 0.717) is 17.9 Å². The molecule has 1 aliphatic carbocycles. The van der Waals surface area contributed by atoms with Crippen molar-refractivity contribution in [1.82, 2.24) is 15.3 Å². The minimum atomic E-state index is -0.364. The summed E-state index contributed by atoms with van der Waals surface area (Å²) in [5.41, 5.74) is 0.791. The summed E-state index contributed by atoms with van der Waals surface area (Å²) in [6, 6.07) is 1.73. The van der Waals surface area contributed by atoms with Crippen molar-refractivity contribution < 1.29 is 9.53 Å². The topological polar surface area (TPSA) is 76.1 Å². The molecule has 0 aliphatic heterocycles. The zero-order chi connectivity index (χ0) is 13.1. The Morgan fingerprint density at radius 1 is 1.50 bits per heavy atom. The fourth-order valence-electron chi connectivity index (χ4n) is 1.52. The number of nitrogens with one attached hydrogen (secondary N) is 2. The van der Waals surface area contributed by atoms with Crippen molar-refractivity contribution in [3.63, 3.8) is 0 Å². The van der Waals surface area contributed by atoms with E-state index in [0.717, 1.165) is 18.5 Å². The zero-order valence-electron chi connectivity index (χ0n) is 10.9. The highest BCUT2D eigenvalue weighted by Crippen LogP contribution is 2.19. The lowest BCUT2D eigenvalue weighted by Gasteiger charge is -2.14. The van der Waals surface area contributed by atoms with Crippen molar-refractivity contribution in [2.24, 2.45) is 0 Å². The Kier molecular flexibility index (Phi) is 3.64. The molecule has 1 aromatic rings. The number of anilines is 1. The summed E-state index contributed by atoms with van der Waals surface area (Å²) in [5.74, 6) is 0.867. The monoisotopic (exact) mass is 250 g/mol. The first-order valence-corrected chi connectivity index (χ1v) is 6.05. The summed E-state index contributed by atoms with van der Waals surface area (Å²) < 4.78 is 5.06. The van der Waals surface area contributed by atoms with Crippen molar-refractivity contribution in [1.29, 1.82) is 0 Å². The van der Waals surface area contributed by atoms with E-state index in [4.69, 9.17) is 4.74 Å². The first kappa shape index (κ1) is 12.6. The van der Waals surface area contributed by atoms with Gasteiger partial charge in [0, 0.05) is 17.8 Å². The van der Waals surface area contributed by atoms with Crippen molar-refractivity contribution in [3.8, 4) is 5.88 Å². The van der Waals surface area contributed by atoms with Gasteiger partial charge in [0.1, 0.15) is 6.04 Å². The molecule has 98 valence electrons. The normalized spacial score (nSPS) is 15.9. The summed E-state index contributed by atoms with van der Waals surface area (Å²) in [4.78, 5) is 20.1. The Morgan fingerprint density at radius 3 is 2.83 bits per heavy atom. The zero-order valence-corrected chi connectivity index (χ0v) is 10.9. The van der Waals surface area contributed by atoms with Crippen LogP contribution in [0.5, 0.6) is 5.88 Å². The molecule has 1 fully saturated rings. The van der Waals surface area contributed by atoms with Crippen LogP contribution in [0.15, 0.2) is 6.07 Å². The number of rotatable bonds is 5. The minimum Gasteiger partial charge on any atom is -0.481 e. The molecule has 1 aromatic heterocycles. The highest BCUT2D eigenvalue weighted by molar-refractivity contribution is 5.84. The first-order valence-electron chi connectivity index (χ1n) is 6.05. The molecule has 0 spiro atoms. The molecular formula is C12H18N4O2. The van der Waals surface area contributed by atoms with Crippen LogP contribution in [-0.4, -0.2) is 35.1 Å². The van der Waals surface area contributed by atoms with Gasteiger partial charge in [0.05, 0.1) is 7.11 Å². The van der Waals surface area contributed by atoms with Gasteiger partial charge >= 0.3 is 0 Å². The number of aromatic nitrogens is 2. The van der Waals surface area contributed by atoms with Crippen LogP contribution in [0.1, 0.15) is 25.5 Å².